The summed E-state index contributed by atoms with van der Waals surface area (Å²) >= 11 is 9.36. The summed E-state index contributed by atoms with van der Waals surface area (Å²) in [7, 11) is -2.80. The van der Waals surface area contributed by atoms with E-state index in [-0.39, 0.29) is 17.5 Å². The van der Waals surface area contributed by atoms with Crippen LogP contribution in [0.1, 0.15) is 12.8 Å². The van der Waals surface area contributed by atoms with Crippen molar-refractivity contribution in [3.05, 3.63) is 27.7 Å². The third-order valence-corrected chi connectivity index (χ3v) is 5.48. The van der Waals surface area contributed by atoms with E-state index in [2.05, 4.69) is 21.2 Å². The fraction of sp³-hybridized carbons (Fsp3) is 0.455. The number of halogens is 2. The molecule has 0 amide bonds. The minimum Gasteiger partial charge on any atom is -0.381 e. The van der Waals surface area contributed by atoms with Crippen LogP contribution in [0.25, 0.3) is 0 Å². The molecule has 0 atom stereocenters. The minimum absolute atomic E-state index is 0.202. The van der Waals surface area contributed by atoms with Crippen molar-refractivity contribution >= 4 is 43.1 Å². The Morgan fingerprint density at radius 3 is 2.59 bits per heavy atom. The largest absolute Gasteiger partial charge is 0.381 e. The van der Waals surface area contributed by atoms with E-state index in [0.717, 1.165) is 10.2 Å². The van der Waals surface area contributed by atoms with Crippen molar-refractivity contribution in [1.29, 1.82) is 0 Å². The van der Waals surface area contributed by atoms with Gasteiger partial charge >= 0.3 is 0 Å². The Hall–Kier alpha value is -0.260. The van der Waals surface area contributed by atoms with Gasteiger partial charge in [-0.15, -0.1) is 0 Å². The third kappa shape index (κ3) is 3.60. The van der Waals surface area contributed by atoms with Gasteiger partial charge in [0.2, 0.25) is 0 Å². The highest BCUT2D eigenvalue weighted by atomic mass is 79.9. The number of benzene rings is 1. The molecule has 1 aliphatic rings. The Kier molecular flexibility index (Phi) is 4.00. The predicted molar refractivity (Wildman–Crippen MR) is 74.5 cm³/mol. The molecule has 6 heteroatoms. The van der Waals surface area contributed by atoms with Crippen LogP contribution in [0.4, 0.5) is 5.69 Å². The Morgan fingerprint density at radius 1 is 1.29 bits per heavy atom. The number of nitrogens with one attached hydrogen (secondary N) is 1. The quantitative estimate of drug-likeness (QED) is 0.901. The number of hydrogen-bond donors (Lipinski definition) is 1. The van der Waals surface area contributed by atoms with E-state index in [1.165, 1.54) is 0 Å². The molecule has 3 nitrogen and oxygen atoms in total. The van der Waals surface area contributed by atoms with Crippen molar-refractivity contribution in [2.75, 3.05) is 16.8 Å². The second-order valence-electron chi connectivity index (χ2n) is 4.19. The molecule has 17 heavy (non-hydrogen) atoms. The lowest BCUT2D eigenvalue weighted by atomic mass is 10.1. The SMILES string of the molecule is O=S1(=O)CCC(Nc2cc(Cl)ccc2Br)CC1. The first-order valence-corrected chi connectivity index (χ1v) is 8.37. The van der Waals surface area contributed by atoms with Crippen molar-refractivity contribution in [2.45, 2.75) is 18.9 Å². The molecule has 2 rings (SSSR count). The molecule has 0 spiro atoms. The molecule has 0 bridgehead atoms. The molecule has 1 aromatic carbocycles. The molecule has 1 fully saturated rings. The summed E-state index contributed by atoms with van der Waals surface area (Å²) < 4.78 is 23.6. The number of anilines is 1. The monoisotopic (exact) mass is 337 g/mol. The van der Waals surface area contributed by atoms with Crippen LogP contribution in [0.3, 0.4) is 0 Å². The molecule has 1 aliphatic heterocycles. The van der Waals surface area contributed by atoms with E-state index in [1.54, 1.807) is 0 Å². The molecule has 94 valence electrons. The van der Waals surface area contributed by atoms with E-state index in [0.29, 0.717) is 17.9 Å². The lowest BCUT2D eigenvalue weighted by Crippen LogP contribution is -2.32. The predicted octanol–water partition coefficient (Wildman–Crippen LogP) is 3.09. The van der Waals surface area contributed by atoms with Crippen LogP contribution in [0.2, 0.25) is 5.02 Å². The highest BCUT2D eigenvalue weighted by molar-refractivity contribution is 9.10. The van der Waals surface area contributed by atoms with Crippen molar-refractivity contribution in [3.8, 4) is 0 Å². The molecule has 0 aromatic heterocycles. The Labute approximate surface area is 115 Å². The Bertz CT molecular complexity index is 504. The maximum Gasteiger partial charge on any atom is 0.150 e. The highest BCUT2D eigenvalue weighted by Crippen LogP contribution is 2.28. The van der Waals surface area contributed by atoms with Crippen LogP contribution in [-0.4, -0.2) is 26.0 Å². The van der Waals surface area contributed by atoms with Crippen LogP contribution < -0.4 is 5.32 Å². The van der Waals surface area contributed by atoms with E-state index in [9.17, 15) is 8.42 Å². The van der Waals surface area contributed by atoms with Gasteiger partial charge in [-0.1, -0.05) is 11.6 Å². The zero-order chi connectivity index (χ0) is 12.5. The topological polar surface area (TPSA) is 46.2 Å². The number of sulfone groups is 1. The van der Waals surface area contributed by atoms with Gasteiger partial charge in [-0.25, -0.2) is 8.42 Å². The van der Waals surface area contributed by atoms with Crippen LogP contribution in [-0.2, 0) is 9.84 Å². The normalized spacial score (nSPS) is 20.1. The average Bonchev–Trinajstić information content (AvgIpc) is 2.26. The molecule has 0 aliphatic carbocycles. The van der Waals surface area contributed by atoms with Crippen LogP contribution >= 0.6 is 27.5 Å². The standard InChI is InChI=1S/C11H13BrClNO2S/c12-10-2-1-8(13)7-11(10)14-9-3-5-17(15,16)6-4-9/h1-2,7,9,14H,3-6H2. The summed E-state index contributed by atoms with van der Waals surface area (Å²) in [5.74, 6) is 0.533. The third-order valence-electron chi connectivity index (χ3n) is 2.84. The fourth-order valence-corrected chi connectivity index (χ4v) is 3.89. The number of hydrogen-bond acceptors (Lipinski definition) is 3. The van der Waals surface area contributed by atoms with Crippen molar-refractivity contribution in [1.82, 2.24) is 0 Å². The lowest BCUT2D eigenvalue weighted by Gasteiger charge is -2.24. The maximum atomic E-state index is 11.3. The summed E-state index contributed by atoms with van der Waals surface area (Å²) in [6.07, 6.45) is 1.31. The van der Waals surface area contributed by atoms with Gasteiger partial charge in [0.05, 0.1) is 17.2 Å². The molecule has 0 saturated carbocycles. The molecule has 1 aromatic rings. The highest BCUT2D eigenvalue weighted by Gasteiger charge is 2.23. The molecule has 1 saturated heterocycles. The van der Waals surface area contributed by atoms with Gasteiger partial charge in [0.1, 0.15) is 9.84 Å². The minimum atomic E-state index is -2.80. The van der Waals surface area contributed by atoms with Gasteiger partial charge in [-0.3, -0.25) is 0 Å². The van der Waals surface area contributed by atoms with Crippen molar-refractivity contribution in [2.24, 2.45) is 0 Å². The lowest BCUT2D eigenvalue weighted by molar-refractivity contribution is 0.559. The molecule has 0 radical (unpaired) electrons. The summed E-state index contributed by atoms with van der Waals surface area (Å²) in [5.41, 5.74) is 0.918. The summed E-state index contributed by atoms with van der Waals surface area (Å²) in [6, 6.07) is 5.73. The molecule has 0 unspecified atom stereocenters. The maximum absolute atomic E-state index is 11.3. The van der Waals surface area contributed by atoms with Gasteiger partial charge in [-0.2, -0.15) is 0 Å². The molecular weight excluding hydrogens is 326 g/mol. The molecular formula is C11H13BrClNO2S. The fourth-order valence-electron chi connectivity index (χ4n) is 1.86. The first-order chi connectivity index (χ1) is 7.96. The Balaban J connectivity index is 2.05. The average molecular weight is 339 g/mol. The van der Waals surface area contributed by atoms with Gasteiger partial charge < -0.3 is 5.32 Å². The van der Waals surface area contributed by atoms with Crippen molar-refractivity contribution in [3.63, 3.8) is 0 Å². The molecule has 1 N–H and O–H groups in total. The van der Waals surface area contributed by atoms with Gasteiger partial charge in [-0.05, 0) is 47.0 Å². The van der Waals surface area contributed by atoms with E-state index in [1.807, 2.05) is 18.2 Å². The van der Waals surface area contributed by atoms with E-state index >= 15 is 0 Å². The zero-order valence-electron chi connectivity index (χ0n) is 9.12. The first-order valence-electron chi connectivity index (χ1n) is 5.38. The van der Waals surface area contributed by atoms with E-state index < -0.39 is 9.84 Å². The van der Waals surface area contributed by atoms with Crippen molar-refractivity contribution < 1.29 is 8.42 Å². The smallest absolute Gasteiger partial charge is 0.150 e. The number of rotatable bonds is 2. The second kappa shape index (κ2) is 5.16. The summed E-state index contributed by atoms with van der Waals surface area (Å²) in [5, 5.41) is 4.00. The summed E-state index contributed by atoms with van der Waals surface area (Å²) in [6.45, 7) is 0. The van der Waals surface area contributed by atoms with Gasteiger partial charge in [0.25, 0.3) is 0 Å². The first kappa shape index (κ1) is 13.2. The van der Waals surface area contributed by atoms with Crippen LogP contribution in [0.5, 0.6) is 0 Å². The summed E-state index contributed by atoms with van der Waals surface area (Å²) in [4.78, 5) is 0. The van der Waals surface area contributed by atoms with Gasteiger partial charge in [0, 0.05) is 15.5 Å². The molecule has 1 heterocycles. The van der Waals surface area contributed by atoms with E-state index in [4.69, 9.17) is 11.6 Å². The van der Waals surface area contributed by atoms with Gasteiger partial charge in [0.15, 0.2) is 0 Å². The second-order valence-corrected chi connectivity index (χ2v) is 7.79. The van der Waals surface area contributed by atoms with Crippen LogP contribution in [0.15, 0.2) is 22.7 Å². The Morgan fingerprint density at radius 2 is 1.94 bits per heavy atom. The van der Waals surface area contributed by atoms with Crippen LogP contribution in [0, 0.1) is 0 Å². The zero-order valence-corrected chi connectivity index (χ0v) is 12.3.